The molecular weight excluding hydrogens is 220 g/mol. The van der Waals surface area contributed by atoms with Gasteiger partial charge in [-0.3, -0.25) is 4.90 Å². The van der Waals surface area contributed by atoms with Crippen molar-refractivity contribution in [1.82, 2.24) is 10.2 Å². The number of nitrogens with zero attached hydrogens (tertiary/aromatic N) is 1. The number of piperazine rings is 1. The zero-order valence-corrected chi connectivity index (χ0v) is 12.4. The minimum absolute atomic E-state index is 0.352. The number of hydrogen-bond acceptors (Lipinski definition) is 2. The second-order valence-electron chi connectivity index (χ2n) is 6.53. The van der Waals surface area contributed by atoms with E-state index in [2.05, 4.69) is 42.8 Å². The highest BCUT2D eigenvalue weighted by Gasteiger charge is 2.46. The normalized spacial score (nSPS) is 33.3. The predicted octanol–water partition coefficient (Wildman–Crippen LogP) is 2.50. The molecule has 1 saturated carbocycles. The van der Waals surface area contributed by atoms with E-state index in [9.17, 15) is 0 Å². The Kier molecular flexibility index (Phi) is 4.35. The summed E-state index contributed by atoms with van der Waals surface area (Å²) in [6, 6.07) is 0.676. The molecule has 2 nitrogen and oxygen atoms in total. The van der Waals surface area contributed by atoms with E-state index < -0.39 is 0 Å². The molecule has 2 atom stereocenters. The summed E-state index contributed by atoms with van der Waals surface area (Å²) in [5, 5.41) is 3.83. The van der Waals surface area contributed by atoms with Crippen molar-refractivity contribution in [3.8, 4) is 11.8 Å². The summed E-state index contributed by atoms with van der Waals surface area (Å²) in [4.78, 5) is 2.68. The van der Waals surface area contributed by atoms with Crippen molar-refractivity contribution >= 4 is 0 Å². The van der Waals surface area contributed by atoms with Gasteiger partial charge in [-0.1, -0.05) is 13.8 Å². The van der Waals surface area contributed by atoms with E-state index >= 15 is 0 Å². The Hall–Kier alpha value is -0.520. The molecule has 0 bridgehead atoms. The van der Waals surface area contributed by atoms with Crippen LogP contribution in [0.5, 0.6) is 0 Å². The van der Waals surface area contributed by atoms with Gasteiger partial charge in [-0.05, 0) is 38.5 Å². The van der Waals surface area contributed by atoms with Gasteiger partial charge in [0.25, 0.3) is 0 Å². The molecule has 102 valence electrons. The van der Waals surface area contributed by atoms with Gasteiger partial charge in [0.05, 0.1) is 0 Å². The van der Waals surface area contributed by atoms with E-state index in [0.717, 1.165) is 31.3 Å². The lowest BCUT2D eigenvalue weighted by atomic mass is 9.88. The van der Waals surface area contributed by atoms with Crippen LogP contribution in [0, 0.1) is 23.7 Å². The van der Waals surface area contributed by atoms with Gasteiger partial charge in [0.2, 0.25) is 0 Å². The van der Waals surface area contributed by atoms with Gasteiger partial charge in [0.15, 0.2) is 0 Å². The molecule has 0 spiro atoms. The lowest BCUT2D eigenvalue weighted by molar-refractivity contribution is 0.0543. The van der Waals surface area contributed by atoms with Gasteiger partial charge in [0, 0.05) is 37.6 Å². The first-order valence-electron chi connectivity index (χ1n) is 7.45. The van der Waals surface area contributed by atoms with E-state index in [-0.39, 0.29) is 0 Å². The summed E-state index contributed by atoms with van der Waals surface area (Å²) in [5.74, 6) is 7.86. The second-order valence-corrected chi connectivity index (χ2v) is 6.53. The molecule has 2 heteroatoms. The number of rotatable bonds is 4. The SMILES string of the molecule is CC#CCCN1CC(C)(C2CC2)NCC1C(C)C. The largest absolute Gasteiger partial charge is 0.308 e. The Balaban J connectivity index is 1.99. The molecule has 0 aromatic heterocycles. The predicted molar refractivity (Wildman–Crippen MR) is 77.4 cm³/mol. The molecule has 0 aromatic rings. The molecule has 18 heavy (non-hydrogen) atoms. The highest BCUT2D eigenvalue weighted by atomic mass is 15.3. The van der Waals surface area contributed by atoms with Crippen LogP contribution in [0.1, 0.15) is 47.0 Å². The molecule has 2 unspecified atom stereocenters. The highest BCUT2D eigenvalue weighted by Crippen LogP contribution is 2.41. The quantitative estimate of drug-likeness (QED) is 0.769. The highest BCUT2D eigenvalue weighted by molar-refractivity contribution is 5.05. The molecule has 1 aliphatic heterocycles. The molecule has 1 aliphatic carbocycles. The second kappa shape index (κ2) is 5.63. The monoisotopic (exact) mass is 248 g/mol. The Morgan fingerprint density at radius 3 is 2.67 bits per heavy atom. The summed E-state index contributed by atoms with van der Waals surface area (Å²) in [6.45, 7) is 12.5. The summed E-state index contributed by atoms with van der Waals surface area (Å²) in [7, 11) is 0. The van der Waals surface area contributed by atoms with Crippen LogP contribution >= 0.6 is 0 Å². The van der Waals surface area contributed by atoms with Crippen LogP contribution in [0.4, 0.5) is 0 Å². The third kappa shape index (κ3) is 3.08. The first kappa shape index (κ1) is 13.9. The molecule has 0 radical (unpaired) electrons. The molecule has 1 saturated heterocycles. The van der Waals surface area contributed by atoms with Crippen LogP contribution in [0.15, 0.2) is 0 Å². The van der Waals surface area contributed by atoms with Gasteiger partial charge in [-0.25, -0.2) is 0 Å². The average Bonchev–Trinajstić information content (AvgIpc) is 3.13. The van der Waals surface area contributed by atoms with Crippen molar-refractivity contribution in [1.29, 1.82) is 0 Å². The van der Waals surface area contributed by atoms with Crippen molar-refractivity contribution < 1.29 is 0 Å². The minimum Gasteiger partial charge on any atom is -0.308 e. The molecule has 2 rings (SSSR count). The van der Waals surface area contributed by atoms with E-state index in [0.29, 0.717) is 11.6 Å². The van der Waals surface area contributed by atoms with Crippen molar-refractivity contribution in [2.75, 3.05) is 19.6 Å². The standard InChI is InChI=1S/C16H28N2/c1-5-6-7-10-18-12-16(4,14-8-9-14)17-11-15(18)13(2)3/h13-15,17H,7-12H2,1-4H3. The van der Waals surface area contributed by atoms with E-state index in [1.807, 2.05) is 6.92 Å². The van der Waals surface area contributed by atoms with Crippen molar-refractivity contribution in [3.63, 3.8) is 0 Å². The minimum atomic E-state index is 0.352. The first-order valence-corrected chi connectivity index (χ1v) is 7.45. The molecule has 1 N–H and O–H groups in total. The van der Waals surface area contributed by atoms with Crippen LogP contribution in [0.25, 0.3) is 0 Å². The third-order valence-corrected chi connectivity index (χ3v) is 4.66. The number of nitrogens with one attached hydrogen (secondary N) is 1. The van der Waals surface area contributed by atoms with Crippen molar-refractivity contribution in [2.45, 2.75) is 58.5 Å². The number of hydrogen-bond donors (Lipinski definition) is 1. The summed E-state index contributed by atoms with van der Waals surface area (Å²) in [5.41, 5.74) is 0.352. The summed E-state index contributed by atoms with van der Waals surface area (Å²) in [6.07, 6.45) is 3.84. The fourth-order valence-corrected chi connectivity index (χ4v) is 3.28. The van der Waals surface area contributed by atoms with Crippen LogP contribution in [-0.2, 0) is 0 Å². The maximum absolute atomic E-state index is 3.83. The molecule has 1 heterocycles. The fourth-order valence-electron chi connectivity index (χ4n) is 3.28. The van der Waals surface area contributed by atoms with Gasteiger partial charge in [-0.2, -0.15) is 0 Å². The molecule has 0 amide bonds. The van der Waals surface area contributed by atoms with Gasteiger partial charge < -0.3 is 5.32 Å². The van der Waals surface area contributed by atoms with E-state index in [1.54, 1.807) is 0 Å². The van der Waals surface area contributed by atoms with Gasteiger partial charge in [0.1, 0.15) is 0 Å². The van der Waals surface area contributed by atoms with Crippen molar-refractivity contribution in [3.05, 3.63) is 0 Å². The van der Waals surface area contributed by atoms with E-state index in [4.69, 9.17) is 0 Å². The first-order chi connectivity index (χ1) is 8.57. The summed E-state index contributed by atoms with van der Waals surface area (Å²) < 4.78 is 0. The Labute approximate surface area is 113 Å². The smallest absolute Gasteiger partial charge is 0.0309 e. The molecular formula is C16H28N2. The van der Waals surface area contributed by atoms with Crippen LogP contribution < -0.4 is 5.32 Å². The van der Waals surface area contributed by atoms with Crippen LogP contribution in [0.3, 0.4) is 0 Å². The van der Waals surface area contributed by atoms with Crippen LogP contribution in [0.2, 0.25) is 0 Å². The molecule has 2 fully saturated rings. The molecule has 2 aliphatic rings. The van der Waals surface area contributed by atoms with Gasteiger partial charge in [-0.15, -0.1) is 11.8 Å². The maximum Gasteiger partial charge on any atom is 0.0309 e. The fraction of sp³-hybridized carbons (Fsp3) is 0.875. The topological polar surface area (TPSA) is 15.3 Å². The van der Waals surface area contributed by atoms with Crippen LogP contribution in [-0.4, -0.2) is 36.1 Å². The average molecular weight is 248 g/mol. The van der Waals surface area contributed by atoms with Crippen molar-refractivity contribution in [2.24, 2.45) is 11.8 Å². The van der Waals surface area contributed by atoms with Gasteiger partial charge >= 0.3 is 0 Å². The lowest BCUT2D eigenvalue weighted by Crippen LogP contribution is -2.65. The van der Waals surface area contributed by atoms with E-state index in [1.165, 1.54) is 19.4 Å². The zero-order chi connectivity index (χ0) is 13.2. The third-order valence-electron chi connectivity index (χ3n) is 4.66. The maximum atomic E-state index is 3.83. The Morgan fingerprint density at radius 1 is 1.39 bits per heavy atom. The Bertz CT molecular complexity index is 335. The summed E-state index contributed by atoms with van der Waals surface area (Å²) >= 11 is 0. The molecule has 0 aromatic carbocycles. The lowest BCUT2D eigenvalue weighted by Gasteiger charge is -2.48. The Morgan fingerprint density at radius 2 is 2.11 bits per heavy atom. The zero-order valence-electron chi connectivity index (χ0n) is 12.4.